The van der Waals surface area contributed by atoms with Gasteiger partial charge in [-0.15, -0.1) is 0 Å². The largest absolute Gasteiger partial charge is 0.362 e. The maximum Gasteiger partial charge on any atom is 0.267 e. The minimum atomic E-state index is -0.219. The van der Waals surface area contributed by atoms with Crippen LogP contribution in [-0.4, -0.2) is 45.2 Å². The number of fused-ring (bicyclic) bond motifs is 1. The van der Waals surface area contributed by atoms with Gasteiger partial charge in [0.25, 0.3) is 11.5 Å². The molecule has 0 saturated carbocycles. The van der Waals surface area contributed by atoms with Gasteiger partial charge in [-0.05, 0) is 36.6 Å². The van der Waals surface area contributed by atoms with Crippen molar-refractivity contribution in [1.29, 1.82) is 0 Å². The highest BCUT2D eigenvalue weighted by Crippen LogP contribution is 2.33. The Bertz CT molecular complexity index is 1240. The molecule has 3 aromatic rings. The smallest absolute Gasteiger partial charge is 0.267 e. The Hall–Kier alpha value is -2.97. The second kappa shape index (κ2) is 9.03. The SMILES string of the molecule is CN(C)c1nc2ccccn2c(=O)c1/C=C1\SC(=S)N(CCCc2ccccc2)C1=O. The number of pyridine rings is 1. The number of thioether (sulfide) groups is 1. The number of amides is 1. The summed E-state index contributed by atoms with van der Waals surface area (Å²) < 4.78 is 2.00. The second-order valence-corrected chi connectivity index (χ2v) is 9.08. The van der Waals surface area contributed by atoms with Gasteiger partial charge in [0, 0.05) is 26.8 Å². The van der Waals surface area contributed by atoms with Gasteiger partial charge >= 0.3 is 0 Å². The summed E-state index contributed by atoms with van der Waals surface area (Å²) in [6.07, 6.45) is 4.99. The molecule has 0 radical (unpaired) electrons. The number of aryl methyl sites for hydroxylation is 1. The van der Waals surface area contributed by atoms with Gasteiger partial charge in [-0.1, -0.05) is 60.4 Å². The molecule has 0 atom stereocenters. The number of hydrogen-bond acceptors (Lipinski definition) is 6. The van der Waals surface area contributed by atoms with Crippen LogP contribution in [0.15, 0.2) is 64.4 Å². The monoisotopic (exact) mass is 450 g/mol. The first-order chi connectivity index (χ1) is 15.0. The fraction of sp³-hybridized carbons (Fsp3) is 0.217. The van der Waals surface area contributed by atoms with Crippen LogP contribution in [0.5, 0.6) is 0 Å². The van der Waals surface area contributed by atoms with Gasteiger partial charge in [0.2, 0.25) is 0 Å². The first-order valence-corrected chi connectivity index (χ1v) is 11.2. The van der Waals surface area contributed by atoms with Gasteiger partial charge in [0.05, 0.1) is 10.5 Å². The topological polar surface area (TPSA) is 57.9 Å². The summed E-state index contributed by atoms with van der Waals surface area (Å²) in [5, 5.41) is 0. The molecule has 1 aliphatic rings. The number of rotatable bonds is 6. The first kappa shape index (κ1) is 21.3. The number of anilines is 1. The molecule has 1 saturated heterocycles. The van der Waals surface area contributed by atoms with E-state index in [0.717, 1.165) is 12.8 Å². The summed E-state index contributed by atoms with van der Waals surface area (Å²) in [5.74, 6) is 0.357. The summed E-state index contributed by atoms with van der Waals surface area (Å²) >= 11 is 6.68. The van der Waals surface area contributed by atoms with Crippen LogP contribution in [0.25, 0.3) is 11.7 Å². The molecule has 1 aromatic carbocycles. The number of carbonyl (C=O) groups excluding carboxylic acids is 1. The Balaban J connectivity index is 1.60. The summed E-state index contributed by atoms with van der Waals surface area (Å²) in [6.45, 7) is 0.548. The van der Waals surface area contributed by atoms with Crippen LogP contribution in [-0.2, 0) is 11.2 Å². The Kier molecular flexibility index (Phi) is 6.20. The lowest BCUT2D eigenvalue weighted by atomic mass is 10.1. The van der Waals surface area contributed by atoms with Crippen LogP contribution in [0.1, 0.15) is 17.5 Å². The van der Waals surface area contributed by atoms with Crippen molar-refractivity contribution >= 4 is 51.7 Å². The van der Waals surface area contributed by atoms with Crippen molar-refractivity contribution in [2.45, 2.75) is 12.8 Å². The molecular formula is C23H22N4O2S2. The molecule has 1 aliphatic heterocycles. The van der Waals surface area contributed by atoms with Gasteiger partial charge in [-0.3, -0.25) is 18.9 Å². The summed E-state index contributed by atoms with van der Waals surface area (Å²) in [4.78, 5) is 34.6. The second-order valence-electron chi connectivity index (χ2n) is 7.40. The number of aromatic nitrogens is 2. The summed E-state index contributed by atoms with van der Waals surface area (Å²) in [6, 6.07) is 15.6. The summed E-state index contributed by atoms with van der Waals surface area (Å²) in [5.41, 5.74) is 1.94. The third-order valence-corrected chi connectivity index (χ3v) is 6.39. The third kappa shape index (κ3) is 4.40. The lowest BCUT2D eigenvalue weighted by Crippen LogP contribution is -2.29. The van der Waals surface area contributed by atoms with E-state index in [1.54, 1.807) is 34.2 Å². The number of carbonyl (C=O) groups is 1. The highest BCUT2D eigenvalue weighted by Gasteiger charge is 2.32. The molecule has 4 rings (SSSR count). The van der Waals surface area contributed by atoms with E-state index in [2.05, 4.69) is 17.1 Å². The molecule has 6 nitrogen and oxygen atoms in total. The molecule has 0 unspecified atom stereocenters. The highest BCUT2D eigenvalue weighted by molar-refractivity contribution is 8.26. The van der Waals surface area contributed by atoms with E-state index in [1.165, 1.54) is 21.7 Å². The lowest BCUT2D eigenvalue weighted by Gasteiger charge is -2.16. The van der Waals surface area contributed by atoms with Crippen molar-refractivity contribution in [3.05, 3.63) is 81.1 Å². The lowest BCUT2D eigenvalue weighted by molar-refractivity contribution is -0.122. The molecule has 1 amide bonds. The van der Waals surface area contributed by atoms with Gasteiger partial charge in [0.1, 0.15) is 15.8 Å². The number of nitrogens with zero attached hydrogens (tertiary/aromatic N) is 4. The standard InChI is InChI=1S/C23H22N4O2S2/c1-25(2)20-17(21(28)26-13-7-6-12-19(26)24-20)15-18-22(29)27(23(30)31-18)14-8-11-16-9-4-3-5-10-16/h3-7,9-10,12-13,15H,8,11,14H2,1-2H3/b18-15-. The normalized spacial score (nSPS) is 15.3. The first-order valence-electron chi connectivity index (χ1n) is 9.93. The minimum Gasteiger partial charge on any atom is -0.362 e. The Morgan fingerprint density at radius 1 is 1.10 bits per heavy atom. The number of hydrogen-bond donors (Lipinski definition) is 0. The van der Waals surface area contributed by atoms with E-state index in [9.17, 15) is 9.59 Å². The molecule has 8 heteroatoms. The Morgan fingerprint density at radius 2 is 1.84 bits per heavy atom. The number of benzene rings is 1. The zero-order valence-corrected chi connectivity index (χ0v) is 18.9. The van der Waals surface area contributed by atoms with E-state index in [0.29, 0.717) is 32.8 Å². The number of thiocarbonyl (C=S) groups is 1. The quantitative estimate of drug-likeness (QED) is 0.423. The van der Waals surface area contributed by atoms with E-state index >= 15 is 0 Å². The maximum absolute atomic E-state index is 13.1. The van der Waals surface area contributed by atoms with E-state index in [4.69, 9.17) is 12.2 Å². The fourth-order valence-electron chi connectivity index (χ4n) is 3.47. The molecule has 31 heavy (non-hydrogen) atoms. The summed E-state index contributed by atoms with van der Waals surface area (Å²) in [7, 11) is 3.65. The molecule has 158 valence electrons. The van der Waals surface area contributed by atoms with Crippen molar-refractivity contribution in [3.63, 3.8) is 0 Å². The van der Waals surface area contributed by atoms with Crippen LogP contribution in [0, 0.1) is 0 Å². The van der Waals surface area contributed by atoms with Gasteiger partial charge in [0.15, 0.2) is 0 Å². The molecule has 0 N–H and O–H groups in total. The minimum absolute atomic E-state index is 0.162. The van der Waals surface area contributed by atoms with Crippen molar-refractivity contribution in [3.8, 4) is 0 Å². The molecule has 1 fully saturated rings. The average molecular weight is 451 g/mol. The Morgan fingerprint density at radius 3 is 2.58 bits per heavy atom. The molecule has 0 bridgehead atoms. The van der Waals surface area contributed by atoms with Gasteiger partial charge in [-0.2, -0.15) is 0 Å². The maximum atomic E-state index is 13.1. The van der Waals surface area contributed by atoms with Crippen molar-refractivity contribution < 1.29 is 4.79 Å². The van der Waals surface area contributed by atoms with E-state index in [1.807, 2.05) is 38.4 Å². The van der Waals surface area contributed by atoms with E-state index < -0.39 is 0 Å². The van der Waals surface area contributed by atoms with Crippen molar-refractivity contribution in [1.82, 2.24) is 14.3 Å². The van der Waals surface area contributed by atoms with Crippen molar-refractivity contribution in [2.75, 3.05) is 25.5 Å². The van der Waals surface area contributed by atoms with Gasteiger partial charge < -0.3 is 4.90 Å². The van der Waals surface area contributed by atoms with Crippen LogP contribution >= 0.6 is 24.0 Å². The van der Waals surface area contributed by atoms with Gasteiger partial charge in [-0.25, -0.2) is 4.98 Å². The predicted molar refractivity (Wildman–Crippen MR) is 130 cm³/mol. The van der Waals surface area contributed by atoms with Crippen LogP contribution in [0.4, 0.5) is 5.82 Å². The third-order valence-electron chi connectivity index (χ3n) is 5.01. The average Bonchev–Trinajstić information content (AvgIpc) is 3.03. The molecular weight excluding hydrogens is 428 g/mol. The highest BCUT2D eigenvalue weighted by atomic mass is 32.2. The molecule has 0 spiro atoms. The van der Waals surface area contributed by atoms with Crippen LogP contribution in [0.2, 0.25) is 0 Å². The molecule has 2 aromatic heterocycles. The predicted octanol–water partition coefficient (Wildman–Crippen LogP) is 3.59. The van der Waals surface area contributed by atoms with E-state index in [-0.39, 0.29) is 11.5 Å². The van der Waals surface area contributed by atoms with Crippen LogP contribution in [0.3, 0.4) is 0 Å². The molecule has 0 aliphatic carbocycles. The molecule has 3 heterocycles. The van der Waals surface area contributed by atoms with Crippen LogP contribution < -0.4 is 10.5 Å². The van der Waals surface area contributed by atoms with Crippen molar-refractivity contribution in [2.24, 2.45) is 0 Å². The fourth-order valence-corrected chi connectivity index (χ4v) is 4.76. The zero-order valence-electron chi connectivity index (χ0n) is 17.3. The Labute approximate surface area is 190 Å². The zero-order chi connectivity index (χ0) is 22.0.